The van der Waals surface area contributed by atoms with Crippen molar-refractivity contribution in [1.82, 2.24) is 0 Å². The van der Waals surface area contributed by atoms with Crippen LogP contribution >= 0.6 is 0 Å². The van der Waals surface area contributed by atoms with Gasteiger partial charge in [0, 0.05) is 0 Å². The molecule has 0 bridgehead atoms. The molecule has 0 aliphatic heterocycles. The average Bonchev–Trinajstić information content (AvgIpc) is 3.14. The van der Waals surface area contributed by atoms with Crippen LogP contribution in [0.25, 0.3) is 86.9 Å². The third-order valence-corrected chi connectivity index (χ3v) is 7.91. The Morgan fingerprint density at radius 1 is 0.400 bits per heavy atom. The van der Waals surface area contributed by atoms with Crippen LogP contribution in [0.5, 0.6) is 0 Å². The molecule has 0 heterocycles. The predicted molar refractivity (Wildman–Crippen MR) is 174 cm³/mol. The van der Waals surface area contributed by atoms with Crippen LogP contribution in [0.2, 0.25) is 0 Å². The second-order valence-electron chi connectivity index (χ2n) is 10.1. The Hall–Kier alpha value is -5.20. The molecule has 9 rings (SSSR count). The maximum Gasteiger partial charge on any atom is 0.0636 e. The van der Waals surface area contributed by atoms with Gasteiger partial charge in [0.15, 0.2) is 0 Å². The largest absolute Gasteiger partial charge is 0.0636 e. The first kappa shape index (κ1) is 13.7. The highest BCUT2D eigenvalue weighted by Gasteiger charge is 2.18. The van der Waals surface area contributed by atoms with E-state index in [0.717, 1.165) is 43.4 Å². The van der Waals surface area contributed by atoms with E-state index in [4.69, 9.17) is 12.3 Å². The van der Waals surface area contributed by atoms with Gasteiger partial charge in [-0.1, -0.05) is 127 Å². The fourth-order valence-electron chi connectivity index (χ4n) is 6.20. The van der Waals surface area contributed by atoms with Crippen molar-refractivity contribution in [2.45, 2.75) is 0 Å². The molecule has 0 saturated carbocycles. The van der Waals surface area contributed by atoms with Gasteiger partial charge in [0.25, 0.3) is 0 Å². The Morgan fingerprint density at radius 2 is 1.07 bits per heavy atom. The zero-order valence-electron chi connectivity index (χ0n) is 32.0. The molecular formula is C40H24. The number of benzene rings is 9. The second kappa shape index (κ2) is 8.15. The molecule has 0 spiro atoms. The van der Waals surface area contributed by atoms with Crippen molar-refractivity contribution in [1.29, 1.82) is 0 Å². The van der Waals surface area contributed by atoms with Gasteiger partial charge in [-0.3, -0.25) is 0 Å². The number of hydrogen-bond acceptors (Lipinski definition) is 0. The van der Waals surface area contributed by atoms with E-state index < -0.39 is 66.5 Å². The third-order valence-electron chi connectivity index (χ3n) is 7.91. The van der Waals surface area contributed by atoms with Crippen LogP contribution in [-0.2, 0) is 0 Å². The lowest BCUT2D eigenvalue weighted by molar-refractivity contribution is 1.66. The average molecular weight is 516 g/mol. The summed E-state index contributed by atoms with van der Waals surface area (Å²) >= 11 is 0. The van der Waals surface area contributed by atoms with E-state index in [1.54, 1.807) is 0 Å². The Labute approximate surface area is 247 Å². The van der Waals surface area contributed by atoms with Gasteiger partial charge in [0.05, 0.1) is 15.1 Å². The lowest BCUT2D eigenvalue weighted by Gasteiger charge is -2.19. The number of fused-ring (bicyclic) bond motifs is 4. The van der Waals surface area contributed by atoms with Crippen molar-refractivity contribution >= 4 is 64.6 Å². The first-order valence-electron chi connectivity index (χ1n) is 18.5. The normalized spacial score (nSPS) is 15.8. The molecule has 0 amide bonds. The Kier molecular flexibility index (Phi) is 2.80. The minimum absolute atomic E-state index is 0.00531. The molecule has 0 N–H and O–H groups in total. The van der Waals surface area contributed by atoms with Crippen molar-refractivity contribution in [3.8, 4) is 22.3 Å². The highest BCUT2D eigenvalue weighted by atomic mass is 14.2. The molecule has 40 heavy (non-hydrogen) atoms. The molecule has 9 aromatic rings. The van der Waals surface area contributed by atoms with Crippen LogP contribution in [0.1, 0.15) is 15.1 Å². The van der Waals surface area contributed by atoms with Gasteiger partial charge in [-0.05, 0) is 105 Å². The zero-order valence-corrected chi connectivity index (χ0v) is 21.0. The molecule has 9 aromatic carbocycles. The molecule has 0 unspecified atom stereocenters. The number of rotatable bonds is 2. The van der Waals surface area contributed by atoms with Crippen LogP contribution in [0, 0.1) is 0 Å². The van der Waals surface area contributed by atoms with E-state index in [-0.39, 0.29) is 37.9 Å². The van der Waals surface area contributed by atoms with Crippen LogP contribution in [0.4, 0.5) is 0 Å². The molecule has 0 atom stereocenters. The summed E-state index contributed by atoms with van der Waals surface area (Å²) in [5.41, 5.74) is 2.85. The van der Waals surface area contributed by atoms with E-state index >= 15 is 0 Å². The predicted octanol–water partition coefficient (Wildman–Crippen LogP) is 11.4. The molecule has 0 heteroatoms. The summed E-state index contributed by atoms with van der Waals surface area (Å²) in [4.78, 5) is 0. The third kappa shape index (κ3) is 3.02. The summed E-state index contributed by atoms with van der Waals surface area (Å²) in [5.74, 6) is 0. The van der Waals surface area contributed by atoms with Gasteiger partial charge in [-0.2, -0.15) is 0 Å². The van der Waals surface area contributed by atoms with E-state index in [2.05, 4.69) is 30.3 Å². The molecule has 0 radical (unpaired) electrons. The zero-order chi connectivity index (χ0) is 35.8. The standard InChI is InChI=1S/C40H24/c1-2-8-25(9-3-1)32-23-29-17-15-27-18-20-36(35-21-19-30(24-32)37(29)38(27)35)40-34-13-7-5-11-28(34)22-31-16-14-26-10-4-6-12-33(26)39(31)40/h1-24H/i4D,5D,6D,7D,10D,11D,12D,13D,14D,16D,22D. The summed E-state index contributed by atoms with van der Waals surface area (Å²) in [6.07, 6.45) is 0. The lowest BCUT2D eigenvalue weighted by Crippen LogP contribution is -1.91. The van der Waals surface area contributed by atoms with Crippen molar-refractivity contribution in [3.63, 3.8) is 0 Å². The van der Waals surface area contributed by atoms with E-state index in [9.17, 15) is 2.74 Å². The van der Waals surface area contributed by atoms with Crippen LogP contribution in [0.3, 0.4) is 0 Å². The maximum atomic E-state index is 9.31. The molecule has 0 saturated heterocycles. The SMILES string of the molecule is [2H]c1c([2H])c([2H])c2c(-c3ccc4ccc5cc(-c6ccccc6)cc6ccc3c4c56)c3c(c([2H])c([2H])c4c([2H])c([2H])c([2H])c([2H])c43)c([2H])c2c1[2H]. The summed E-state index contributed by atoms with van der Waals surface area (Å²) < 4.78 is 97.3. The molecule has 0 aromatic heterocycles. The van der Waals surface area contributed by atoms with Gasteiger partial charge in [0.1, 0.15) is 0 Å². The van der Waals surface area contributed by atoms with Crippen LogP contribution in [0.15, 0.2) is 145 Å². The molecule has 0 aliphatic carbocycles. The highest BCUT2D eigenvalue weighted by molar-refractivity contribution is 6.30. The molecule has 0 nitrogen and oxygen atoms in total. The van der Waals surface area contributed by atoms with E-state index in [1.807, 2.05) is 48.5 Å². The van der Waals surface area contributed by atoms with Crippen molar-refractivity contribution in [2.75, 3.05) is 0 Å². The van der Waals surface area contributed by atoms with E-state index in [1.165, 1.54) is 0 Å². The highest BCUT2D eigenvalue weighted by Crippen LogP contribution is 2.46. The van der Waals surface area contributed by atoms with E-state index in [0.29, 0.717) is 5.56 Å². The molecule has 0 aliphatic rings. The monoisotopic (exact) mass is 515 g/mol. The van der Waals surface area contributed by atoms with Gasteiger partial charge in [-0.25, -0.2) is 0 Å². The summed E-state index contributed by atoms with van der Waals surface area (Å²) in [6, 6.07) is 20.7. The molecule has 0 fully saturated rings. The summed E-state index contributed by atoms with van der Waals surface area (Å²) in [7, 11) is 0. The summed E-state index contributed by atoms with van der Waals surface area (Å²) in [5, 5.41) is 5.08. The summed E-state index contributed by atoms with van der Waals surface area (Å²) in [6.45, 7) is 0. The first-order valence-corrected chi connectivity index (χ1v) is 13.0. The Balaban J connectivity index is 1.56. The number of hydrogen-bond donors (Lipinski definition) is 0. The minimum atomic E-state index is -0.562. The van der Waals surface area contributed by atoms with Crippen molar-refractivity contribution in [2.24, 2.45) is 0 Å². The Morgan fingerprint density at radius 3 is 1.93 bits per heavy atom. The lowest BCUT2D eigenvalue weighted by atomic mass is 9.84. The van der Waals surface area contributed by atoms with Crippen molar-refractivity contribution < 1.29 is 15.1 Å². The minimum Gasteiger partial charge on any atom is -0.0622 e. The smallest absolute Gasteiger partial charge is 0.0622 e. The van der Waals surface area contributed by atoms with Crippen LogP contribution < -0.4 is 0 Å². The van der Waals surface area contributed by atoms with Gasteiger partial charge in [0.2, 0.25) is 0 Å². The maximum absolute atomic E-state index is 9.31. The van der Waals surface area contributed by atoms with Gasteiger partial charge in [-0.15, -0.1) is 0 Å². The fraction of sp³-hybridized carbons (Fsp3) is 0. The van der Waals surface area contributed by atoms with Crippen molar-refractivity contribution in [3.05, 3.63) is 145 Å². The first-order chi connectivity index (χ1) is 24.4. The molecular weight excluding hydrogens is 480 g/mol. The second-order valence-corrected chi connectivity index (χ2v) is 10.1. The molecule has 184 valence electrons. The van der Waals surface area contributed by atoms with Gasteiger partial charge >= 0.3 is 0 Å². The fourth-order valence-corrected chi connectivity index (χ4v) is 6.20. The van der Waals surface area contributed by atoms with Gasteiger partial charge < -0.3 is 0 Å². The Bertz CT molecular complexity index is 3010. The quantitative estimate of drug-likeness (QED) is 0.159. The van der Waals surface area contributed by atoms with Crippen LogP contribution in [-0.4, -0.2) is 0 Å². The topological polar surface area (TPSA) is 0 Å².